The third-order valence-corrected chi connectivity index (χ3v) is 5.15. The van der Waals surface area contributed by atoms with Crippen LogP contribution in [-0.2, 0) is 6.18 Å². The fourth-order valence-electron chi connectivity index (χ4n) is 3.08. The van der Waals surface area contributed by atoms with Gasteiger partial charge in [-0.2, -0.15) is 13.2 Å². The highest BCUT2D eigenvalue weighted by Crippen LogP contribution is 2.30. The Bertz CT molecular complexity index is 1230. The summed E-state index contributed by atoms with van der Waals surface area (Å²) in [6, 6.07) is 17.2. The molecule has 0 radical (unpaired) electrons. The summed E-state index contributed by atoms with van der Waals surface area (Å²) >= 11 is 5.20. The number of hydrogen-bond acceptors (Lipinski definition) is 4. The van der Waals surface area contributed by atoms with Gasteiger partial charge in [-0.1, -0.05) is 25.5 Å². The zero-order valence-electron chi connectivity index (χ0n) is 19.3. The van der Waals surface area contributed by atoms with Gasteiger partial charge in [0.25, 0.3) is 11.8 Å². The number of unbranched alkanes of at least 4 members (excludes halogenated alkanes) is 1. The monoisotopic (exact) mass is 515 g/mol. The van der Waals surface area contributed by atoms with Crippen LogP contribution in [0.5, 0.6) is 5.75 Å². The minimum Gasteiger partial charge on any atom is -0.494 e. The van der Waals surface area contributed by atoms with E-state index in [4.69, 9.17) is 17.0 Å². The lowest BCUT2D eigenvalue weighted by atomic mass is 10.1. The summed E-state index contributed by atoms with van der Waals surface area (Å²) in [5.41, 5.74) is 0.294. The highest BCUT2D eigenvalue weighted by Gasteiger charge is 2.30. The van der Waals surface area contributed by atoms with Crippen LogP contribution in [0.1, 0.15) is 46.0 Å². The third kappa shape index (κ3) is 7.81. The van der Waals surface area contributed by atoms with Crippen molar-refractivity contribution in [2.24, 2.45) is 0 Å². The zero-order valence-corrected chi connectivity index (χ0v) is 20.1. The number of nitrogens with one attached hydrogen (secondary N) is 3. The lowest BCUT2D eigenvalue weighted by Crippen LogP contribution is -2.34. The standard InChI is InChI=1S/C26H24F3N3O3S/c1-2-3-14-35-22-9-4-6-18(15-22)24(34)32-25(36)31-20-12-10-17(11-13-20)23(33)30-21-8-5-7-19(16-21)26(27,28)29/h4-13,15-16H,2-3,14H2,1H3,(H,30,33)(H2,31,32,34,36). The van der Waals surface area contributed by atoms with Crippen molar-refractivity contribution in [3.63, 3.8) is 0 Å². The van der Waals surface area contributed by atoms with E-state index in [-0.39, 0.29) is 16.4 Å². The van der Waals surface area contributed by atoms with E-state index in [1.807, 2.05) is 0 Å². The number of ether oxygens (including phenoxy) is 1. The molecule has 6 nitrogen and oxygen atoms in total. The van der Waals surface area contributed by atoms with E-state index in [1.54, 1.807) is 36.4 Å². The maximum atomic E-state index is 12.9. The Morgan fingerprint density at radius 1 is 0.861 bits per heavy atom. The second-order valence-electron chi connectivity index (χ2n) is 7.75. The maximum Gasteiger partial charge on any atom is 0.416 e. The molecule has 3 aromatic rings. The average Bonchev–Trinajstić information content (AvgIpc) is 2.84. The number of halogens is 3. The molecule has 0 atom stereocenters. The number of carbonyl (C=O) groups is 2. The average molecular weight is 516 g/mol. The van der Waals surface area contributed by atoms with Crippen molar-refractivity contribution < 1.29 is 27.5 Å². The van der Waals surface area contributed by atoms with Crippen molar-refractivity contribution >= 4 is 40.5 Å². The van der Waals surface area contributed by atoms with Gasteiger partial charge < -0.3 is 15.4 Å². The largest absolute Gasteiger partial charge is 0.494 e. The topological polar surface area (TPSA) is 79.5 Å². The molecule has 0 aliphatic carbocycles. The van der Waals surface area contributed by atoms with Crippen LogP contribution in [0.4, 0.5) is 24.5 Å². The van der Waals surface area contributed by atoms with E-state index in [0.717, 1.165) is 25.0 Å². The smallest absolute Gasteiger partial charge is 0.416 e. The molecule has 0 aliphatic heterocycles. The fraction of sp³-hybridized carbons (Fsp3) is 0.192. The molecule has 0 heterocycles. The van der Waals surface area contributed by atoms with Crippen LogP contribution >= 0.6 is 12.2 Å². The molecule has 0 saturated carbocycles. The lowest BCUT2D eigenvalue weighted by Gasteiger charge is -2.12. The van der Waals surface area contributed by atoms with E-state index >= 15 is 0 Å². The first kappa shape index (κ1) is 26.7. The maximum absolute atomic E-state index is 12.9. The van der Waals surface area contributed by atoms with Crippen molar-refractivity contribution in [1.82, 2.24) is 5.32 Å². The molecule has 0 saturated heterocycles. The van der Waals surface area contributed by atoms with Crippen LogP contribution in [-0.4, -0.2) is 23.5 Å². The molecule has 10 heteroatoms. The van der Waals surface area contributed by atoms with Gasteiger partial charge in [0.15, 0.2) is 5.11 Å². The summed E-state index contributed by atoms with van der Waals surface area (Å²) < 4.78 is 44.2. The molecule has 0 aliphatic rings. The normalized spacial score (nSPS) is 10.9. The van der Waals surface area contributed by atoms with E-state index in [9.17, 15) is 22.8 Å². The molecule has 188 valence electrons. The van der Waals surface area contributed by atoms with Crippen LogP contribution in [0.2, 0.25) is 0 Å². The van der Waals surface area contributed by atoms with Crippen LogP contribution in [0.25, 0.3) is 0 Å². The fourth-order valence-corrected chi connectivity index (χ4v) is 3.29. The predicted octanol–water partition coefficient (Wildman–Crippen LogP) is 6.26. The van der Waals surface area contributed by atoms with Gasteiger partial charge in [-0.15, -0.1) is 0 Å². The molecule has 3 aromatic carbocycles. The number of carbonyl (C=O) groups excluding carboxylic acids is 2. The Morgan fingerprint density at radius 2 is 1.58 bits per heavy atom. The molecule has 0 spiro atoms. The third-order valence-electron chi connectivity index (χ3n) is 4.94. The second-order valence-corrected chi connectivity index (χ2v) is 8.16. The molecule has 36 heavy (non-hydrogen) atoms. The van der Waals surface area contributed by atoms with Gasteiger partial charge in [0.05, 0.1) is 12.2 Å². The molecule has 0 bridgehead atoms. The first-order valence-corrected chi connectivity index (χ1v) is 11.5. The van der Waals surface area contributed by atoms with E-state index < -0.39 is 23.6 Å². The number of benzene rings is 3. The van der Waals surface area contributed by atoms with E-state index in [1.165, 1.54) is 24.3 Å². The van der Waals surface area contributed by atoms with Gasteiger partial charge in [0.1, 0.15) is 5.75 Å². The van der Waals surface area contributed by atoms with Crippen LogP contribution in [0, 0.1) is 0 Å². The summed E-state index contributed by atoms with van der Waals surface area (Å²) in [5, 5.41) is 7.93. The number of hydrogen-bond donors (Lipinski definition) is 3. The Morgan fingerprint density at radius 3 is 2.28 bits per heavy atom. The van der Waals surface area contributed by atoms with Crippen LogP contribution < -0.4 is 20.7 Å². The van der Waals surface area contributed by atoms with Gasteiger partial charge >= 0.3 is 6.18 Å². The molecular weight excluding hydrogens is 491 g/mol. The van der Waals surface area contributed by atoms with Crippen molar-refractivity contribution in [2.45, 2.75) is 25.9 Å². The Hall–Kier alpha value is -3.92. The predicted molar refractivity (Wildman–Crippen MR) is 136 cm³/mol. The number of thiocarbonyl (C=S) groups is 1. The molecule has 3 N–H and O–H groups in total. The first-order chi connectivity index (χ1) is 17.2. The molecular formula is C26H24F3N3O3S. The van der Waals surface area contributed by atoms with Gasteiger partial charge in [-0.3, -0.25) is 14.9 Å². The van der Waals surface area contributed by atoms with Gasteiger partial charge in [-0.05, 0) is 79.3 Å². The number of rotatable bonds is 8. The summed E-state index contributed by atoms with van der Waals surface area (Å²) in [6.45, 7) is 2.62. The van der Waals surface area contributed by atoms with Gasteiger partial charge in [-0.25, -0.2) is 0 Å². The van der Waals surface area contributed by atoms with Crippen LogP contribution in [0.15, 0.2) is 72.8 Å². The van der Waals surface area contributed by atoms with Crippen molar-refractivity contribution in [3.05, 3.63) is 89.5 Å². The van der Waals surface area contributed by atoms with Crippen LogP contribution in [0.3, 0.4) is 0 Å². The quantitative estimate of drug-likeness (QED) is 0.244. The number of anilines is 2. The molecule has 3 rings (SSSR count). The Kier molecular flexibility index (Phi) is 9.02. The van der Waals surface area contributed by atoms with E-state index in [0.29, 0.717) is 23.6 Å². The van der Waals surface area contributed by atoms with Gasteiger partial charge in [0, 0.05) is 22.5 Å². The minimum absolute atomic E-state index is 0.0285. The first-order valence-electron chi connectivity index (χ1n) is 11.1. The molecule has 0 fully saturated rings. The molecule has 0 aromatic heterocycles. The van der Waals surface area contributed by atoms with Gasteiger partial charge in [0.2, 0.25) is 0 Å². The summed E-state index contributed by atoms with van der Waals surface area (Å²) in [7, 11) is 0. The SMILES string of the molecule is CCCCOc1cccc(C(=O)NC(=S)Nc2ccc(C(=O)Nc3cccc(C(F)(F)F)c3)cc2)c1. The number of amides is 2. The van der Waals surface area contributed by atoms with Crippen molar-refractivity contribution in [3.8, 4) is 5.75 Å². The van der Waals surface area contributed by atoms with E-state index in [2.05, 4.69) is 22.9 Å². The highest BCUT2D eigenvalue weighted by atomic mass is 32.1. The summed E-state index contributed by atoms with van der Waals surface area (Å²) in [5.74, 6) is -0.391. The van der Waals surface area contributed by atoms with Crippen molar-refractivity contribution in [2.75, 3.05) is 17.2 Å². The molecule has 0 unspecified atom stereocenters. The number of alkyl halides is 3. The second kappa shape index (κ2) is 12.2. The molecule has 2 amide bonds. The Labute approximate surface area is 211 Å². The Balaban J connectivity index is 1.55. The summed E-state index contributed by atoms with van der Waals surface area (Å²) in [4.78, 5) is 24.9. The zero-order chi connectivity index (χ0) is 26.1. The van der Waals surface area contributed by atoms with Crippen molar-refractivity contribution in [1.29, 1.82) is 0 Å². The highest BCUT2D eigenvalue weighted by molar-refractivity contribution is 7.80. The lowest BCUT2D eigenvalue weighted by molar-refractivity contribution is -0.137. The minimum atomic E-state index is -4.51. The summed E-state index contributed by atoms with van der Waals surface area (Å²) in [6.07, 6.45) is -2.59.